The van der Waals surface area contributed by atoms with Gasteiger partial charge in [0.25, 0.3) is 0 Å². The highest BCUT2D eigenvalue weighted by atomic mass is 16.5. The maximum atomic E-state index is 5.51. The van der Waals surface area contributed by atoms with Crippen LogP contribution in [0.15, 0.2) is 4.52 Å². The predicted molar refractivity (Wildman–Crippen MR) is 63.4 cm³/mol. The third-order valence-electron chi connectivity index (χ3n) is 3.26. The molecule has 1 aromatic rings. The largest absolute Gasteiger partial charge is 0.370 e. The second kappa shape index (κ2) is 5.14. The van der Waals surface area contributed by atoms with Crippen molar-refractivity contribution in [3.8, 4) is 0 Å². The first kappa shape index (κ1) is 12.5. The van der Waals surface area contributed by atoms with Gasteiger partial charge in [0.05, 0.1) is 6.54 Å². The van der Waals surface area contributed by atoms with Crippen molar-refractivity contribution in [2.24, 2.45) is 5.92 Å². The quantitative estimate of drug-likeness (QED) is 0.820. The van der Waals surface area contributed by atoms with E-state index in [0.29, 0.717) is 24.2 Å². The maximum absolute atomic E-state index is 5.51. The Bertz CT molecular complexity index is 353. The van der Waals surface area contributed by atoms with Crippen LogP contribution in [0.1, 0.15) is 44.8 Å². The fourth-order valence-electron chi connectivity index (χ4n) is 2.00. The number of rotatable bonds is 6. The van der Waals surface area contributed by atoms with Crippen LogP contribution in [0, 0.1) is 5.92 Å². The van der Waals surface area contributed by atoms with E-state index < -0.39 is 0 Å². The van der Waals surface area contributed by atoms with Crippen molar-refractivity contribution in [1.29, 1.82) is 0 Å². The van der Waals surface area contributed by atoms with Crippen LogP contribution >= 0.6 is 0 Å². The minimum Gasteiger partial charge on any atom is -0.370 e. The van der Waals surface area contributed by atoms with E-state index in [0.717, 1.165) is 19.4 Å². The Hall–Kier alpha value is -0.940. The zero-order valence-corrected chi connectivity index (χ0v) is 10.8. The minimum absolute atomic E-state index is 0.278. The van der Waals surface area contributed by atoms with Crippen LogP contribution in [0.5, 0.6) is 0 Å². The first-order valence-electron chi connectivity index (χ1n) is 6.25. The van der Waals surface area contributed by atoms with Crippen LogP contribution in [0.4, 0.5) is 0 Å². The molecule has 0 bridgehead atoms. The maximum Gasteiger partial charge on any atom is 0.240 e. The summed E-state index contributed by atoms with van der Waals surface area (Å²) in [5, 5.41) is 7.31. The van der Waals surface area contributed by atoms with Gasteiger partial charge in [0.15, 0.2) is 0 Å². The summed E-state index contributed by atoms with van der Waals surface area (Å²) in [6, 6.07) is 0. The van der Waals surface area contributed by atoms with Crippen LogP contribution in [-0.4, -0.2) is 23.8 Å². The van der Waals surface area contributed by atoms with Gasteiger partial charge in [-0.15, -0.1) is 0 Å². The number of ether oxygens (including phenoxy) is 1. The van der Waals surface area contributed by atoms with Gasteiger partial charge >= 0.3 is 0 Å². The summed E-state index contributed by atoms with van der Waals surface area (Å²) in [4.78, 5) is 4.41. The highest BCUT2D eigenvalue weighted by Gasteiger charge is 2.43. The van der Waals surface area contributed by atoms with Gasteiger partial charge in [0.2, 0.25) is 11.7 Å². The zero-order valence-electron chi connectivity index (χ0n) is 10.8. The van der Waals surface area contributed by atoms with Gasteiger partial charge in [-0.1, -0.05) is 19.0 Å². The molecule has 0 aliphatic heterocycles. The van der Waals surface area contributed by atoms with Gasteiger partial charge in [0, 0.05) is 7.11 Å². The van der Waals surface area contributed by atoms with E-state index in [1.54, 1.807) is 7.11 Å². The predicted octanol–water partition coefficient (Wildman–Crippen LogP) is 1.84. The summed E-state index contributed by atoms with van der Waals surface area (Å²) in [5.74, 6) is 1.96. The van der Waals surface area contributed by atoms with E-state index >= 15 is 0 Å². The molecule has 17 heavy (non-hydrogen) atoms. The summed E-state index contributed by atoms with van der Waals surface area (Å²) >= 11 is 0. The molecule has 0 radical (unpaired) electrons. The first-order chi connectivity index (χ1) is 8.16. The second-order valence-electron chi connectivity index (χ2n) is 5.09. The fraction of sp³-hybridized carbons (Fsp3) is 0.833. The van der Waals surface area contributed by atoms with E-state index in [1.807, 2.05) is 0 Å². The number of methoxy groups -OCH3 is 1. The highest BCUT2D eigenvalue weighted by Crippen LogP contribution is 2.42. The topological polar surface area (TPSA) is 60.2 Å². The van der Waals surface area contributed by atoms with Crippen LogP contribution in [0.2, 0.25) is 0 Å². The molecule has 1 saturated carbocycles. The molecular weight excluding hydrogens is 218 g/mol. The van der Waals surface area contributed by atoms with E-state index in [1.165, 1.54) is 6.42 Å². The van der Waals surface area contributed by atoms with Crippen LogP contribution in [0.25, 0.3) is 0 Å². The minimum atomic E-state index is -0.278. The Morgan fingerprint density at radius 3 is 2.76 bits per heavy atom. The SMILES string of the molecule is COC1(c2noc(CNCC(C)C)n2)CCC1. The van der Waals surface area contributed by atoms with E-state index in [9.17, 15) is 0 Å². The van der Waals surface area contributed by atoms with E-state index in [-0.39, 0.29) is 5.60 Å². The van der Waals surface area contributed by atoms with Crippen molar-refractivity contribution in [1.82, 2.24) is 15.5 Å². The molecule has 96 valence electrons. The van der Waals surface area contributed by atoms with Crippen LogP contribution < -0.4 is 5.32 Å². The lowest BCUT2D eigenvalue weighted by molar-refractivity contribution is -0.0858. The van der Waals surface area contributed by atoms with Gasteiger partial charge in [0.1, 0.15) is 5.60 Å². The summed E-state index contributed by atoms with van der Waals surface area (Å²) in [6.07, 6.45) is 3.15. The molecular formula is C12H21N3O2. The van der Waals surface area contributed by atoms with E-state index in [4.69, 9.17) is 9.26 Å². The van der Waals surface area contributed by atoms with Crippen molar-refractivity contribution >= 4 is 0 Å². The van der Waals surface area contributed by atoms with Crippen LogP contribution in [-0.2, 0) is 16.9 Å². The Morgan fingerprint density at radius 1 is 1.47 bits per heavy atom. The molecule has 2 rings (SSSR count). The number of nitrogens with one attached hydrogen (secondary N) is 1. The average Bonchev–Trinajstić information content (AvgIpc) is 2.66. The smallest absolute Gasteiger partial charge is 0.240 e. The molecule has 0 unspecified atom stereocenters. The van der Waals surface area contributed by atoms with Crippen molar-refractivity contribution in [3.63, 3.8) is 0 Å². The molecule has 0 aromatic carbocycles. The van der Waals surface area contributed by atoms with Gasteiger partial charge < -0.3 is 14.6 Å². The first-order valence-corrected chi connectivity index (χ1v) is 6.25. The molecule has 0 atom stereocenters. The summed E-state index contributed by atoms with van der Waals surface area (Å²) in [7, 11) is 1.71. The van der Waals surface area contributed by atoms with Gasteiger partial charge in [-0.3, -0.25) is 0 Å². The molecule has 1 aromatic heterocycles. The number of hydrogen-bond donors (Lipinski definition) is 1. The summed E-state index contributed by atoms with van der Waals surface area (Å²) in [6.45, 7) is 5.92. The molecule has 5 heteroatoms. The second-order valence-corrected chi connectivity index (χ2v) is 5.09. The normalized spacial score (nSPS) is 18.4. The molecule has 0 amide bonds. The van der Waals surface area contributed by atoms with Crippen LogP contribution in [0.3, 0.4) is 0 Å². The lowest BCUT2D eigenvalue weighted by Crippen LogP contribution is -2.37. The van der Waals surface area contributed by atoms with Crippen molar-refractivity contribution in [2.75, 3.05) is 13.7 Å². The van der Waals surface area contributed by atoms with E-state index in [2.05, 4.69) is 29.3 Å². The fourth-order valence-corrected chi connectivity index (χ4v) is 2.00. The van der Waals surface area contributed by atoms with Gasteiger partial charge in [-0.05, 0) is 31.7 Å². The molecule has 1 aliphatic rings. The third kappa shape index (κ3) is 2.66. The highest BCUT2D eigenvalue weighted by molar-refractivity contribution is 5.06. The average molecular weight is 239 g/mol. The lowest BCUT2D eigenvalue weighted by Gasteiger charge is -2.37. The van der Waals surface area contributed by atoms with Crippen molar-refractivity contribution < 1.29 is 9.26 Å². The number of nitrogens with zero attached hydrogens (tertiary/aromatic N) is 2. The molecule has 0 saturated heterocycles. The van der Waals surface area contributed by atoms with Crippen molar-refractivity contribution in [2.45, 2.75) is 45.3 Å². The third-order valence-corrected chi connectivity index (χ3v) is 3.26. The number of aromatic nitrogens is 2. The molecule has 1 fully saturated rings. The molecule has 5 nitrogen and oxygen atoms in total. The standard InChI is InChI=1S/C12H21N3O2/c1-9(2)7-13-8-10-14-11(15-17-10)12(16-3)5-4-6-12/h9,13H,4-8H2,1-3H3. The molecule has 1 N–H and O–H groups in total. The molecule has 1 aliphatic carbocycles. The Balaban J connectivity index is 1.91. The Morgan fingerprint density at radius 2 is 2.24 bits per heavy atom. The van der Waals surface area contributed by atoms with Gasteiger partial charge in [-0.25, -0.2) is 0 Å². The Labute approximate surface area is 102 Å². The Kier molecular flexibility index (Phi) is 3.79. The molecule has 1 heterocycles. The summed E-state index contributed by atoms with van der Waals surface area (Å²) < 4.78 is 10.7. The lowest BCUT2D eigenvalue weighted by atomic mass is 9.79. The number of hydrogen-bond acceptors (Lipinski definition) is 5. The zero-order chi connectivity index (χ0) is 12.3. The van der Waals surface area contributed by atoms with Crippen molar-refractivity contribution in [3.05, 3.63) is 11.7 Å². The monoisotopic (exact) mass is 239 g/mol. The summed E-state index contributed by atoms with van der Waals surface area (Å²) in [5.41, 5.74) is -0.278. The molecule has 0 spiro atoms. The van der Waals surface area contributed by atoms with Gasteiger partial charge in [-0.2, -0.15) is 4.98 Å².